The Hall–Kier alpha value is -3.33. The lowest BCUT2D eigenvalue weighted by Crippen LogP contribution is -2.41. The van der Waals surface area contributed by atoms with Crippen LogP contribution < -0.4 is 21.9 Å². The predicted molar refractivity (Wildman–Crippen MR) is 124 cm³/mol. The number of carbonyl (C=O) groups is 1. The van der Waals surface area contributed by atoms with Crippen molar-refractivity contribution in [3.05, 3.63) is 62.2 Å². The summed E-state index contributed by atoms with van der Waals surface area (Å²) in [6.45, 7) is 4.29. The summed E-state index contributed by atoms with van der Waals surface area (Å²) in [4.78, 5) is 45.3. The van der Waals surface area contributed by atoms with Crippen molar-refractivity contribution in [3.8, 4) is 11.3 Å². The number of aromatic amines is 1. The number of aromatic nitrogens is 3. The maximum absolute atomic E-state index is 12.9. The first-order valence-corrected chi connectivity index (χ1v) is 10.9. The zero-order valence-corrected chi connectivity index (χ0v) is 18.8. The van der Waals surface area contributed by atoms with Gasteiger partial charge < -0.3 is 15.1 Å². The summed E-state index contributed by atoms with van der Waals surface area (Å²) in [6, 6.07) is 7.23. The van der Waals surface area contributed by atoms with E-state index in [1.807, 2.05) is 25.1 Å². The van der Waals surface area contributed by atoms with E-state index in [2.05, 4.69) is 9.97 Å². The Kier molecular flexibility index (Phi) is 7.53. The van der Waals surface area contributed by atoms with Gasteiger partial charge in [0.25, 0.3) is 5.56 Å². The third kappa shape index (κ3) is 4.94. The molecule has 0 atom stereocenters. The number of aryl methyl sites for hydroxylation is 1. The molecule has 0 aliphatic carbocycles. The van der Waals surface area contributed by atoms with Crippen LogP contribution in [0, 0.1) is 0 Å². The standard InChI is InChI=1S/C22H26ClN5O4/c1-3-5-12-28-20(24)19(21(30)26-22(28)31)27(4-2)18(29)11-10-17-25-13-16(32-17)14-8-6-7-9-15(14)23/h6-9,13H,3-5,10-12,24H2,1-2H3,(H,26,30,31). The monoisotopic (exact) mass is 459 g/mol. The molecule has 1 amide bonds. The van der Waals surface area contributed by atoms with Crippen molar-refractivity contribution in [1.29, 1.82) is 0 Å². The second-order valence-electron chi connectivity index (χ2n) is 7.23. The van der Waals surface area contributed by atoms with Crippen molar-refractivity contribution in [1.82, 2.24) is 14.5 Å². The van der Waals surface area contributed by atoms with Crippen LogP contribution in [0.2, 0.25) is 5.02 Å². The number of rotatable bonds is 9. The van der Waals surface area contributed by atoms with E-state index in [1.165, 1.54) is 9.47 Å². The quantitative estimate of drug-likeness (QED) is 0.505. The largest absolute Gasteiger partial charge is 0.441 e. The number of oxazole rings is 1. The molecular weight excluding hydrogens is 434 g/mol. The van der Waals surface area contributed by atoms with E-state index < -0.39 is 11.2 Å². The number of nitrogens with one attached hydrogen (secondary N) is 1. The zero-order chi connectivity index (χ0) is 23.3. The fraction of sp³-hybridized carbons (Fsp3) is 0.364. The molecule has 3 aromatic rings. The second-order valence-corrected chi connectivity index (χ2v) is 7.64. The number of unbranched alkanes of at least 4 members (excludes halogenated alkanes) is 1. The summed E-state index contributed by atoms with van der Waals surface area (Å²) in [5.41, 5.74) is 5.56. The van der Waals surface area contributed by atoms with Crippen molar-refractivity contribution >= 4 is 29.0 Å². The topological polar surface area (TPSA) is 127 Å². The smallest absolute Gasteiger partial charge is 0.330 e. The lowest BCUT2D eigenvalue weighted by molar-refractivity contribution is -0.118. The minimum Gasteiger partial charge on any atom is -0.441 e. The molecular formula is C22H26ClN5O4. The molecule has 0 saturated heterocycles. The van der Waals surface area contributed by atoms with Gasteiger partial charge in [-0.3, -0.25) is 19.1 Å². The van der Waals surface area contributed by atoms with Gasteiger partial charge in [0, 0.05) is 31.5 Å². The number of benzene rings is 1. The summed E-state index contributed by atoms with van der Waals surface area (Å²) in [6.07, 6.45) is 3.40. The summed E-state index contributed by atoms with van der Waals surface area (Å²) >= 11 is 6.19. The molecule has 0 bridgehead atoms. The lowest BCUT2D eigenvalue weighted by atomic mass is 10.2. The number of hydrogen-bond acceptors (Lipinski definition) is 6. The molecule has 2 heterocycles. The summed E-state index contributed by atoms with van der Waals surface area (Å²) < 4.78 is 7.03. The number of hydrogen-bond donors (Lipinski definition) is 2. The van der Waals surface area contributed by atoms with Crippen molar-refractivity contribution in [2.24, 2.45) is 0 Å². The van der Waals surface area contributed by atoms with Crippen LogP contribution in [0.5, 0.6) is 0 Å². The van der Waals surface area contributed by atoms with Crippen LogP contribution in [0.15, 0.2) is 44.5 Å². The molecule has 9 nitrogen and oxygen atoms in total. The number of halogens is 1. The maximum Gasteiger partial charge on any atom is 0.330 e. The first-order chi connectivity index (χ1) is 15.4. The fourth-order valence-corrected chi connectivity index (χ4v) is 3.62. The Bertz CT molecular complexity index is 1210. The van der Waals surface area contributed by atoms with Gasteiger partial charge in [-0.2, -0.15) is 0 Å². The Balaban J connectivity index is 1.78. The molecule has 0 saturated carbocycles. The van der Waals surface area contributed by atoms with Gasteiger partial charge in [-0.05, 0) is 25.5 Å². The third-order valence-electron chi connectivity index (χ3n) is 5.08. The van der Waals surface area contributed by atoms with Crippen LogP contribution in [0.25, 0.3) is 11.3 Å². The van der Waals surface area contributed by atoms with Gasteiger partial charge in [-0.1, -0.05) is 37.1 Å². The van der Waals surface area contributed by atoms with E-state index in [0.717, 1.165) is 6.42 Å². The number of amides is 1. The number of nitrogens with zero attached hydrogens (tertiary/aromatic N) is 3. The molecule has 0 spiro atoms. The lowest BCUT2D eigenvalue weighted by Gasteiger charge is -2.23. The van der Waals surface area contributed by atoms with Crippen molar-refractivity contribution in [2.75, 3.05) is 17.2 Å². The Labute approximate surface area is 189 Å². The van der Waals surface area contributed by atoms with Crippen LogP contribution >= 0.6 is 11.6 Å². The summed E-state index contributed by atoms with van der Waals surface area (Å²) in [7, 11) is 0. The van der Waals surface area contributed by atoms with Crippen LogP contribution in [0.3, 0.4) is 0 Å². The molecule has 10 heteroatoms. The van der Waals surface area contributed by atoms with Crippen molar-refractivity contribution < 1.29 is 9.21 Å². The van der Waals surface area contributed by atoms with E-state index in [-0.39, 0.29) is 36.8 Å². The average molecular weight is 460 g/mol. The van der Waals surface area contributed by atoms with Gasteiger partial charge in [-0.25, -0.2) is 9.78 Å². The Morgan fingerprint density at radius 2 is 2.03 bits per heavy atom. The van der Waals surface area contributed by atoms with Crippen LogP contribution in [-0.2, 0) is 17.8 Å². The highest BCUT2D eigenvalue weighted by Gasteiger charge is 2.23. The van der Waals surface area contributed by atoms with Gasteiger partial charge >= 0.3 is 5.69 Å². The molecule has 32 heavy (non-hydrogen) atoms. The summed E-state index contributed by atoms with van der Waals surface area (Å²) in [5.74, 6) is 0.538. The van der Waals surface area contributed by atoms with Gasteiger partial charge in [0.15, 0.2) is 17.3 Å². The first-order valence-electron chi connectivity index (χ1n) is 10.5. The molecule has 3 N–H and O–H groups in total. The predicted octanol–water partition coefficient (Wildman–Crippen LogP) is 3.21. The van der Waals surface area contributed by atoms with Crippen molar-refractivity contribution in [3.63, 3.8) is 0 Å². The Morgan fingerprint density at radius 3 is 2.72 bits per heavy atom. The molecule has 0 fully saturated rings. The van der Waals surface area contributed by atoms with Gasteiger partial charge in [0.1, 0.15) is 5.82 Å². The van der Waals surface area contributed by atoms with E-state index in [4.69, 9.17) is 21.8 Å². The van der Waals surface area contributed by atoms with E-state index in [1.54, 1.807) is 19.2 Å². The molecule has 0 radical (unpaired) electrons. The highest BCUT2D eigenvalue weighted by Crippen LogP contribution is 2.28. The molecule has 3 rings (SSSR count). The molecule has 2 aromatic heterocycles. The summed E-state index contributed by atoms with van der Waals surface area (Å²) in [5, 5.41) is 0.538. The molecule has 0 aliphatic heterocycles. The molecule has 0 unspecified atom stereocenters. The van der Waals surface area contributed by atoms with E-state index in [9.17, 15) is 14.4 Å². The highest BCUT2D eigenvalue weighted by atomic mass is 35.5. The third-order valence-corrected chi connectivity index (χ3v) is 5.41. The minimum atomic E-state index is -0.687. The normalized spacial score (nSPS) is 11.0. The molecule has 0 aliphatic rings. The molecule has 170 valence electrons. The first kappa shape index (κ1) is 23.3. The van der Waals surface area contributed by atoms with E-state index in [0.29, 0.717) is 35.2 Å². The van der Waals surface area contributed by atoms with Crippen molar-refractivity contribution in [2.45, 2.75) is 46.1 Å². The zero-order valence-electron chi connectivity index (χ0n) is 18.1. The number of carbonyl (C=O) groups excluding carboxylic acids is 1. The number of anilines is 2. The van der Waals surface area contributed by atoms with Gasteiger partial charge in [0.05, 0.1) is 11.2 Å². The fourth-order valence-electron chi connectivity index (χ4n) is 3.40. The van der Waals surface area contributed by atoms with Crippen LogP contribution in [0.1, 0.15) is 39.0 Å². The van der Waals surface area contributed by atoms with Gasteiger partial charge in [-0.15, -0.1) is 0 Å². The van der Waals surface area contributed by atoms with E-state index >= 15 is 0 Å². The molecule has 1 aromatic carbocycles. The Morgan fingerprint density at radius 1 is 1.28 bits per heavy atom. The number of H-pyrrole nitrogens is 1. The van der Waals surface area contributed by atoms with Crippen LogP contribution in [-0.4, -0.2) is 27.0 Å². The highest BCUT2D eigenvalue weighted by molar-refractivity contribution is 6.33. The average Bonchev–Trinajstić information content (AvgIpc) is 3.24. The van der Waals surface area contributed by atoms with Gasteiger partial charge in [0.2, 0.25) is 5.91 Å². The minimum absolute atomic E-state index is 0.0143. The van der Waals surface area contributed by atoms with Crippen LogP contribution in [0.4, 0.5) is 11.5 Å². The SMILES string of the molecule is CCCCn1c(N)c(N(CC)C(=O)CCc2ncc(-c3ccccc3Cl)o2)c(=O)[nH]c1=O. The second kappa shape index (κ2) is 10.3. The maximum atomic E-state index is 12.9. The number of nitrogen functional groups attached to an aromatic ring is 1. The number of nitrogens with two attached hydrogens (primary N) is 1.